The molecule has 0 radical (unpaired) electrons. The number of hydrogen-bond acceptors (Lipinski definition) is 6. The first kappa shape index (κ1) is 21.6. The fourth-order valence-corrected chi connectivity index (χ4v) is 3.35. The second-order valence-corrected chi connectivity index (χ2v) is 8.18. The molecule has 0 aliphatic rings. The molecule has 7 nitrogen and oxygen atoms in total. The lowest BCUT2D eigenvalue weighted by Gasteiger charge is -2.26. The van der Waals surface area contributed by atoms with Gasteiger partial charge in [0.2, 0.25) is 11.8 Å². The molecule has 2 atom stereocenters. The summed E-state index contributed by atoms with van der Waals surface area (Å²) in [4.78, 5) is 10.4. The number of hydrogen-bond donors (Lipinski definition) is 1. The molecule has 0 saturated carbocycles. The van der Waals surface area contributed by atoms with Crippen molar-refractivity contribution in [3.8, 4) is 11.5 Å². The summed E-state index contributed by atoms with van der Waals surface area (Å²) in [7, 11) is 0. The van der Waals surface area contributed by atoms with Crippen LogP contribution in [-0.2, 0) is 0 Å². The zero-order valence-corrected chi connectivity index (χ0v) is 18.0. The van der Waals surface area contributed by atoms with Gasteiger partial charge >= 0.3 is 0 Å². The minimum Gasteiger partial charge on any atom is -0.419 e. The lowest BCUT2D eigenvalue weighted by atomic mass is 9.93. The monoisotopic (exact) mass is 408 g/mol. The topological polar surface area (TPSA) is 94.1 Å². The molecule has 158 valence electrons. The van der Waals surface area contributed by atoms with Crippen LogP contribution in [0.25, 0.3) is 11.5 Å². The Morgan fingerprint density at radius 3 is 2.03 bits per heavy atom. The highest BCUT2D eigenvalue weighted by molar-refractivity contribution is 5.55. The van der Waals surface area contributed by atoms with E-state index >= 15 is 0 Å². The maximum absolute atomic E-state index is 10.8. The van der Waals surface area contributed by atoms with Gasteiger partial charge in [0.05, 0.1) is 11.0 Å². The largest absolute Gasteiger partial charge is 0.419 e. The summed E-state index contributed by atoms with van der Waals surface area (Å²) < 4.78 is 5.84. The van der Waals surface area contributed by atoms with Gasteiger partial charge in [-0.2, -0.15) is 0 Å². The summed E-state index contributed by atoms with van der Waals surface area (Å²) in [6.45, 7) is 10.7. The van der Waals surface area contributed by atoms with Crippen molar-refractivity contribution in [2.24, 2.45) is 5.92 Å². The van der Waals surface area contributed by atoms with Crippen LogP contribution in [0, 0.1) is 16.0 Å². The molecular weight excluding hydrogens is 380 g/mol. The van der Waals surface area contributed by atoms with Crippen LogP contribution < -0.4 is 5.32 Å². The molecule has 0 amide bonds. The van der Waals surface area contributed by atoms with E-state index in [0.717, 1.165) is 0 Å². The first-order valence-corrected chi connectivity index (χ1v) is 10.2. The Bertz CT molecular complexity index is 978. The second kappa shape index (κ2) is 9.17. The van der Waals surface area contributed by atoms with E-state index in [-0.39, 0.29) is 17.8 Å². The molecule has 0 bridgehead atoms. The quantitative estimate of drug-likeness (QED) is 0.373. The molecule has 0 aliphatic heterocycles. The van der Waals surface area contributed by atoms with Gasteiger partial charge < -0.3 is 4.42 Å². The third-order valence-corrected chi connectivity index (χ3v) is 5.19. The van der Waals surface area contributed by atoms with Crippen molar-refractivity contribution < 1.29 is 9.34 Å². The summed E-state index contributed by atoms with van der Waals surface area (Å²) in [5, 5.41) is 22.7. The molecule has 0 fully saturated rings. The number of nitrogens with one attached hydrogen (secondary N) is 1. The molecule has 1 heterocycles. The van der Waals surface area contributed by atoms with Gasteiger partial charge in [-0.15, -0.1) is 10.2 Å². The minimum atomic E-state index is -0.436. The molecule has 30 heavy (non-hydrogen) atoms. The molecule has 3 aromatic rings. The summed E-state index contributed by atoms with van der Waals surface area (Å²) in [6, 6.07) is 14.8. The Kier molecular flexibility index (Phi) is 6.62. The first-order valence-electron chi connectivity index (χ1n) is 10.2. The van der Waals surface area contributed by atoms with Gasteiger partial charge in [0.1, 0.15) is 0 Å². The van der Waals surface area contributed by atoms with Gasteiger partial charge in [0.15, 0.2) is 0 Å². The van der Waals surface area contributed by atoms with Crippen molar-refractivity contribution in [3.05, 3.63) is 75.7 Å². The van der Waals surface area contributed by atoms with Crippen LogP contribution in [0.4, 0.5) is 5.69 Å². The molecular formula is C23H28N4O3. The molecule has 0 saturated heterocycles. The van der Waals surface area contributed by atoms with E-state index in [1.807, 2.05) is 6.92 Å². The van der Waals surface area contributed by atoms with E-state index in [1.54, 1.807) is 12.1 Å². The van der Waals surface area contributed by atoms with Crippen LogP contribution in [0.2, 0.25) is 0 Å². The van der Waals surface area contributed by atoms with Gasteiger partial charge in [0, 0.05) is 23.7 Å². The lowest BCUT2D eigenvalue weighted by molar-refractivity contribution is -0.384. The second-order valence-electron chi connectivity index (χ2n) is 8.18. The maximum atomic E-state index is 10.8. The number of nitro benzene ring substituents is 1. The number of rotatable bonds is 8. The number of non-ortho nitro benzene ring substituents is 1. The highest BCUT2D eigenvalue weighted by atomic mass is 16.6. The average molecular weight is 409 g/mol. The summed E-state index contributed by atoms with van der Waals surface area (Å²) in [5.41, 5.74) is 3.21. The van der Waals surface area contributed by atoms with Crippen molar-refractivity contribution in [2.75, 3.05) is 0 Å². The van der Waals surface area contributed by atoms with Crippen LogP contribution >= 0.6 is 0 Å². The van der Waals surface area contributed by atoms with Crippen LogP contribution in [0.1, 0.15) is 69.6 Å². The minimum absolute atomic E-state index is 0.0248. The molecule has 1 N–H and O–H groups in total. The molecule has 0 aliphatic carbocycles. The van der Waals surface area contributed by atoms with Crippen molar-refractivity contribution in [2.45, 2.75) is 52.6 Å². The normalized spacial score (nSPS) is 13.6. The molecule has 0 spiro atoms. The zero-order chi connectivity index (χ0) is 21.8. The molecule has 2 aromatic carbocycles. The Morgan fingerprint density at radius 2 is 1.50 bits per heavy atom. The smallest absolute Gasteiger partial charge is 0.269 e. The fourth-order valence-electron chi connectivity index (χ4n) is 3.35. The first-order chi connectivity index (χ1) is 14.3. The highest BCUT2D eigenvalue weighted by Gasteiger charge is 2.22. The Balaban J connectivity index is 1.75. The number of benzene rings is 2. The van der Waals surface area contributed by atoms with E-state index in [0.29, 0.717) is 29.2 Å². The van der Waals surface area contributed by atoms with Crippen molar-refractivity contribution in [1.29, 1.82) is 0 Å². The molecule has 1 aromatic heterocycles. The number of aromatic nitrogens is 2. The zero-order valence-electron chi connectivity index (χ0n) is 18.0. The van der Waals surface area contributed by atoms with Crippen LogP contribution in [0.15, 0.2) is 52.9 Å². The van der Waals surface area contributed by atoms with Gasteiger partial charge in [-0.1, -0.05) is 52.0 Å². The van der Waals surface area contributed by atoms with Crippen LogP contribution in [-0.4, -0.2) is 15.1 Å². The summed E-state index contributed by atoms with van der Waals surface area (Å²) in [6.07, 6.45) is 0. The third kappa shape index (κ3) is 4.91. The molecule has 3 rings (SSSR count). The van der Waals surface area contributed by atoms with Crippen molar-refractivity contribution >= 4 is 5.69 Å². The van der Waals surface area contributed by atoms with E-state index in [9.17, 15) is 10.1 Å². The number of nitrogens with zero attached hydrogens (tertiary/aromatic N) is 3. The standard InChI is InChI=1S/C23H28N4O3/c1-14(2)17-6-8-18(9-7-17)21(15(3)4)24-16(5)22-25-26-23(30-22)19-10-12-20(13-11-19)27(28)29/h6-16,21,24H,1-5H3/t16-,21-/m0/s1. The lowest BCUT2D eigenvalue weighted by Crippen LogP contribution is -2.28. The Morgan fingerprint density at radius 1 is 0.900 bits per heavy atom. The Labute approximate surface area is 176 Å². The van der Waals surface area contributed by atoms with Gasteiger partial charge in [-0.05, 0) is 42.0 Å². The SMILES string of the molecule is CC(C)c1ccc([C@@H](N[C@@H](C)c2nnc(-c3ccc([N+](=O)[O-])cc3)o2)C(C)C)cc1. The van der Waals surface area contributed by atoms with E-state index in [4.69, 9.17) is 4.42 Å². The fraction of sp³-hybridized carbons (Fsp3) is 0.391. The van der Waals surface area contributed by atoms with E-state index in [2.05, 4.69) is 67.5 Å². The van der Waals surface area contributed by atoms with Crippen LogP contribution in [0.3, 0.4) is 0 Å². The van der Waals surface area contributed by atoms with Crippen LogP contribution in [0.5, 0.6) is 0 Å². The van der Waals surface area contributed by atoms with Gasteiger partial charge in [0.25, 0.3) is 5.69 Å². The molecule has 0 unspecified atom stereocenters. The third-order valence-electron chi connectivity index (χ3n) is 5.19. The molecule has 7 heteroatoms. The van der Waals surface area contributed by atoms with Gasteiger partial charge in [-0.3, -0.25) is 15.4 Å². The average Bonchev–Trinajstić information content (AvgIpc) is 3.22. The summed E-state index contributed by atoms with van der Waals surface area (Å²) in [5.74, 6) is 1.69. The van der Waals surface area contributed by atoms with Crippen molar-refractivity contribution in [3.63, 3.8) is 0 Å². The summed E-state index contributed by atoms with van der Waals surface area (Å²) >= 11 is 0. The van der Waals surface area contributed by atoms with E-state index < -0.39 is 4.92 Å². The highest BCUT2D eigenvalue weighted by Crippen LogP contribution is 2.28. The van der Waals surface area contributed by atoms with Gasteiger partial charge in [-0.25, -0.2) is 0 Å². The van der Waals surface area contributed by atoms with E-state index in [1.165, 1.54) is 23.3 Å². The number of nitro groups is 1. The Hall–Kier alpha value is -3.06. The predicted octanol–water partition coefficient (Wildman–Crippen LogP) is 5.82. The maximum Gasteiger partial charge on any atom is 0.269 e. The predicted molar refractivity (Wildman–Crippen MR) is 116 cm³/mol. The van der Waals surface area contributed by atoms with Crippen molar-refractivity contribution in [1.82, 2.24) is 15.5 Å².